The molecule has 68 valence electrons. The highest BCUT2D eigenvalue weighted by molar-refractivity contribution is 5.37. The number of ether oxygens (including phenoxy) is 1. The van der Waals surface area contributed by atoms with Crippen LogP contribution in [0.2, 0.25) is 0 Å². The highest BCUT2D eigenvalue weighted by atomic mass is 16.5. The van der Waals surface area contributed by atoms with Gasteiger partial charge in [0.1, 0.15) is 0 Å². The molecule has 1 rings (SSSR count). The molecule has 0 bridgehead atoms. The van der Waals surface area contributed by atoms with Crippen molar-refractivity contribution in [2.24, 2.45) is 0 Å². The van der Waals surface area contributed by atoms with Crippen LogP contribution in [0.5, 0.6) is 11.5 Å². The van der Waals surface area contributed by atoms with E-state index in [9.17, 15) is 0 Å². The van der Waals surface area contributed by atoms with Gasteiger partial charge in [-0.05, 0) is 12.1 Å². The zero-order valence-electron chi connectivity index (χ0n) is 7.87. The van der Waals surface area contributed by atoms with E-state index in [0.717, 1.165) is 0 Å². The molecule has 0 radical (unpaired) electrons. The fraction of sp³-hybridized carbons (Fsp3) is 0.400. The topological polar surface area (TPSA) is 29.5 Å². The Kier molecular flexibility index (Phi) is 5.88. The Morgan fingerprint density at radius 3 is 2.08 bits per heavy atom. The van der Waals surface area contributed by atoms with Gasteiger partial charge in [-0.15, -0.1) is 0 Å². The van der Waals surface area contributed by atoms with Crippen LogP contribution in [0.15, 0.2) is 24.3 Å². The number of rotatable bonds is 1. The van der Waals surface area contributed by atoms with E-state index in [0.29, 0.717) is 5.75 Å². The lowest BCUT2D eigenvalue weighted by atomic mass is 10.3. The van der Waals surface area contributed by atoms with E-state index in [-0.39, 0.29) is 5.75 Å². The highest BCUT2D eigenvalue weighted by Crippen LogP contribution is 2.22. The summed E-state index contributed by atoms with van der Waals surface area (Å²) in [5.41, 5.74) is 0. The van der Waals surface area contributed by atoms with Gasteiger partial charge >= 0.3 is 0 Å². The quantitative estimate of drug-likeness (QED) is 0.698. The fourth-order valence-electron chi connectivity index (χ4n) is 0.630. The van der Waals surface area contributed by atoms with Crippen molar-refractivity contribution in [2.45, 2.75) is 20.3 Å². The lowest BCUT2D eigenvalue weighted by molar-refractivity contribution is 0.373. The van der Waals surface area contributed by atoms with Crippen LogP contribution in [0.25, 0.3) is 0 Å². The summed E-state index contributed by atoms with van der Waals surface area (Å²) in [6, 6.07) is 6.84. The summed E-state index contributed by atoms with van der Waals surface area (Å²) >= 11 is 0. The predicted octanol–water partition coefficient (Wildman–Crippen LogP) is 2.82. The third kappa shape index (κ3) is 3.86. The molecule has 0 aromatic heterocycles. The molecule has 2 nitrogen and oxygen atoms in total. The van der Waals surface area contributed by atoms with E-state index < -0.39 is 0 Å². The second-order valence-corrected chi connectivity index (χ2v) is 2.38. The normalized spacial score (nSPS) is 8.25. The van der Waals surface area contributed by atoms with Crippen molar-refractivity contribution in [3.05, 3.63) is 24.3 Å². The van der Waals surface area contributed by atoms with Crippen molar-refractivity contribution in [1.29, 1.82) is 0 Å². The van der Waals surface area contributed by atoms with Crippen LogP contribution >= 0.6 is 0 Å². The minimum absolute atomic E-state index is 0.181. The summed E-state index contributed by atoms with van der Waals surface area (Å²) in [6.45, 7) is 4.25. The monoisotopic (exact) mass is 168 g/mol. The van der Waals surface area contributed by atoms with Crippen molar-refractivity contribution < 1.29 is 9.84 Å². The van der Waals surface area contributed by atoms with Gasteiger partial charge in [0.05, 0.1) is 7.11 Å². The Morgan fingerprint density at radius 2 is 1.75 bits per heavy atom. The Morgan fingerprint density at radius 1 is 1.25 bits per heavy atom. The van der Waals surface area contributed by atoms with Crippen molar-refractivity contribution in [3.8, 4) is 11.5 Å². The zero-order chi connectivity index (χ0) is 9.40. The summed E-state index contributed by atoms with van der Waals surface area (Å²) in [5, 5.41) is 8.99. The SMILES string of the molecule is CCC.COc1ccccc1O. The average molecular weight is 168 g/mol. The van der Waals surface area contributed by atoms with Crippen LogP contribution in [-0.4, -0.2) is 12.2 Å². The molecular weight excluding hydrogens is 152 g/mol. The maximum Gasteiger partial charge on any atom is 0.160 e. The summed E-state index contributed by atoms with van der Waals surface area (Å²) in [5.74, 6) is 0.692. The maximum absolute atomic E-state index is 8.99. The first-order chi connectivity index (χ1) is 5.76. The van der Waals surface area contributed by atoms with Crippen LogP contribution in [0.1, 0.15) is 20.3 Å². The molecule has 0 heterocycles. The summed E-state index contributed by atoms with van der Waals surface area (Å²) in [6.07, 6.45) is 1.25. The zero-order valence-corrected chi connectivity index (χ0v) is 7.87. The number of phenols is 1. The van der Waals surface area contributed by atoms with Crippen LogP contribution < -0.4 is 4.74 Å². The number of benzene rings is 1. The minimum atomic E-state index is 0.181. The van der Waals surface area contributed by atoms with Crippen molar-refractivity contribution >= 4 is 0 Å². The lowest BCUT2D eigenvalue weighted by Crippen LogP contribution is -1.80. The van der Waals surface area contributed by atoms with Gasteiger partial charge in [0, 0.05) is 0 Å². The standard InChI is InChI=1S/C7H8O2.C3H8/c1-9-7-5-3-2-4-6(7)8;1-3-2/h2-5,8H,1H3;3H2,1-2H3. The molecule has 0 saturated carbocycles. The number of aromatic hydroxyl groups is 1. The minimum Gasteiger partial charge on any atom is -0.504 e. The van der Waals surface area contributed by atoms with Crippen LogP contribution in [0, 0.1) is 0 Å². The summed E-state index contributed by atoms with van der Waals surface area (Å²) in [7, 11) is 1.52. The van der Waals surface area contributed by atoms with Gasteiger partial charge in [-0.1, -0.05) is 32.4 Å². The van der Waals surface area contributed by atoms with Crippen LogP contribution in [0.4, 0.5) is 0 Å². The first-order valence-corrected chi connectivity index (χ1v) is 4.08. The molecule has 1 aromatic rings. The van der Waals surface area contributed by atoms with Crippen molar-refractivity contribution in [2.75, 3.05) is 7.11 Å². The van der Waals surface area contributed by atoms with Gasteiger partial charge < -0.3 is 9.84 Å². The first kappa shape index (κ1) is 10.8. The maximum atomic E-state index is 8.99. The number of para-hydroxylation sites is 2. The average Bonchev–Trinajstić information content (AvgIpc) is 2.07. The van der Waals surface area contributed by atoms with Crippen molar-refractivity contribution in [3.63, 3.8) is 0 Å². The molecule has 0 fully saturated rings. The second kappa shape index (κ2) is 6.53. The van der Waals surface area contributed by atoms with Gasteiger partial charge in [-0.3, -0.25) is 0 Å². The lowest BCUT2D eigenvalue weighted by Gasteiger charge is -1.99. The third-order valence-electron chi connectivity index (χ3n) is 1.09. The van der Waals surface area contributed by atoms with E-state index >= 15 is 0 Å². The Bertz CT molecular complexity index is 209. The van der Waals surface area contributed by atoms with E-state index in [1.54, 1.807) is 24.3 Å². The molecule has 1 aromatic carbocycles. The predicted molar refractivity (Wildman–Crippen MR) is 50.6 cm³/mol. The molecule has 0 aliphatic heterocycles. The molecule has 1 N–H and O–H groups in total. The van der Waals surface area contributed by atoms with Gasteiger partial charge in [-0.25, -0.2) is 0 Å². The molecule has 0 aliphatic carbocycles. The van der Waals surface area contributed by atoms with Crippen LogP contribution in [-0.2, 0) is 0 Å². The molecule has 0 saturated heterocycles. The smallest absolute Gasteiger partial charge is 0.160 e. The molecule has 0 aliphatic rings. The van der Waals surface area contributed by atoms with E-state index in [4.69, 9.17) is 9.84 Å². The molecule has 0 unspecified atom stereocenters. The van der Waals surface area contributed by atoms with Gasteiger partial charge in [0.25, 0.3) is 0 Å². The largest absolute Gasteiger partial charge is 0.504 e. The Hall–Kier alpha value is -1.18. The van der Waals surface area contributed by atoms with Gasteiger partial charge in [0.2, 0.25) is 0 Å². The Balaban J connectivity index is 0.000000354. The molecule has 2 heteroatoms. The highest BCUT2D eigenvalue weighted by Gasteiger charge is 1.94. The number of phenolic OH excluding ortho intramolecular Hbond substituents is 1. The number of methoxy groups -OCH3 is 1. The summed E-state index contributed by atoms with van der Waals surface area (Å²) < 4.78 is 4.79. The van der Waals surface area contributed by atoms with Gasteiger partial charge in [-0.2, -0.15) is 0 Å². The molecule has 0 atom stereocenters. The second-order valence-electron chi connectivity index (χ2n) is 2.38. The van der Waals surface area contributed by atoms with E-state index in [2.05, 4.69) is 13.8 Å². The number of hydrogen-bond donors (Lipinski definition) is 1. The van der Waals surface area contributed by atoms with E-state index in [1.807, 2.05) is 0 Å². The molecule has 0 amide bonds. The molecule has 12 heavy (non-hydrogen) atoms. The molecular formula is C10H16O2. The van der Waals surface area contributed by atoms with Gasteiger partial charge in [0.15, 0.2) is 11.5 Å². The fourth-order valence-corrected chi connectivity index (χ4v) is 0.630. The Labute approximate surface area is 73.8 Å². The first-order valence-electron chi connectivity index (χ1n) is 4.08. The number of hydrogen-bond acceptors (Lipinski definition) is 2. The summed E-state index contributed by atoms with van der Waals surface area (Å²) in [4.78, 5) is 0. The molecule has 0 spiro atoms. The third-order valence-corrected chi connectivity index (χ3v) is 1.09. The van der Waals surface area contributed by atoms with Crippen molar-refractivity contribution in [1.82, 2.24) is 0 Å². The van der Waals surface area contributed by atoms with E-state index in [1.165, 1.54) is 13.5 Å². The van der Waals surface area contributed by atoms with Crippen LogP contribution in [0.3, 0.4) is 0 Å².